The highest BCUT2D eigenvalue weighted by Gasteiger charge is 2.17. The number of rotatable bonds is 7. The number of hydrogen-bond acceptors (Lipinski definition) is 3. The van der Waals surface area contributed by atoms with Gasteiger partial charge in [0.25, 0.3) is 0 Å². The Labute approximate surface area is 120 Å². The van der Waals surface area contributed by atoms with E-state index in [0.29, 0.717) is 23.6 Å². The zero-order valence-corrected chi connectivity index (χ0v) is 12.4. The van der Waals surface area contributed by atoms with E-state index in [-0.39, 0.29) is 12.2 Å². The molecule has 0 aliphatic heterocycles. The monoisotopic (exact) mass is 277 g/mol. The van der Waals surface area contributed by atoms with E-state index in [1.54, 1.807) is 6.07 Å². The molecule has 110 valence electrons. The fraction of sp³-hybridized carbons (Fsp3) is 0.500. The van der Waals surface area contributed by atoms with Crippen LogP contribution in [0.15, 0.2) is 17.1 Å². The van der Waals surface area contributed by atoms with Crippen LogP contribution in [0.5, 0.6) is 0 Å². The van der Waals surface area contributed by atoms with Gasteiger partial charge in [0.1, 0.15) is 0 Å². The van der Waals surface area contributed by atoms with E-state index in [9.17, 15) is 9.90 Å². The van der Waals surface area contributed by atoms with E-state index in [0.717, 1.165) is 18.4 Å². The van der Waals surface area contributed by atoms with Crippen LogP contribution in [0, 0.1) is 12.8 Å². The molecule has 0 amide bonds. The maximum absolute atomic E-state index is 11.5. The standard InChI is InChI=1S/C16H23NO3/c1-4-5-11(2)10-17-15-12(3)6-7-13(8-9-18)14(15)16(19)20/h6-7,10-11,18H,4-5,8-9H2,1-3H3,(H,19,20). The number of aliphatic hydroxyl groups is 1. The van der Waals surface area contributed by atoms with Crippen LogP contribution in [0.3, 0.4) is 0 Å². The summed E-state index contributed by atoms with van der Waals surface area (Å²) in [6.45, 7) is 5.96. The number of aliphatic hydroxyl groups excluding tert-OH is 1. The summed E-state index contributed by atoms with van der Waals surface area (Å²) in [6, 6.07) is 3.61. The highest BCUT2D eigenvalue weighted by atomic mass is 16.4. The zero-order chi connectivity index (χ0) is 15.1. The minimum absolute atomic E-state index is 0.0707. The van der Waals surface area contributed by atoms with Gasteiger partial charge < -0.3 is 10.2 Å². The normalized spacial score (nSPS) is 12.8. The number of carboxylic acid groups (broad SMARTS) is 1. The van der Waals surface area contributed by atoms with Crippen LogP contribution in [0.4, 0.5) is 5.69 Å². The Kier molecular flexibility index (Phi) is 6.39. The third kappa shape index (κ3) is 4.17. The summed E-state index contributed by atoms with van der Waals surface area (Å²) in [4.78, 5) is 15.9. The summed E-state index contributed by atoms with van der Waals surface area (Å²) in [7, 11) is 0. The molecule has 0 aliphatic carbocycles. The average Bonchev–Trinajstić information content (AvgIpc) is 2.39. The molecule has 0 heterocycles. The minimum Gasteiger partial charge on any atom is -0.478 e. The first kappa shape index (κ1) is 16.4. The second-order valence-corrected chi connectivity index (χ2v) is 5.09. The average molecular weight is 277 g/mol. The Hall–Kier alpha value is -1.68. The molecule has 0 bridgehead atoms. The molecule has 0 saturated heterocycles. The van der Waals surface area contributed by atoms with Crippen molar-refractivity contribution in [3.8, 4) is 0 Å². The summed E-state index contributed by atoms with van der Waals surface area (Å²) < 4.78 is 0. The Morgan fingerprint density at radius 3 is 2.70 bits per heavy atom. The molecule has 20 heavy (non-hydrogen) atoms. The van der Waals surface area contributed by atoms with Gasteiger partial charge in [0.2, 0.25) is 0 Å². The molecule has 4 heteroatoms. The smallest absolute Gasteiger partial charge is 0.338 e. The molecule has 0 radical (unpaired) electrons. The number of aryl methyl sites for hydroxylation is 1. The first-order chi connectivity index (χ1) is 9.51. The van der Waals surface area contributed by atoms with E-state index in [2.05, 4.69) is 18.8 Å². The van der Waals surface area contributed by atoms with Crippen molar-refractivity contribution in [1.29, 1.82) is 0 Å². The Morgan fingerprint density at radius 2 is 2.15 bits per heavy atom. The maximum atomic E-state index is 11.5. The van der Waals surface area contributed by atoms with Gasteiger partial charge in [-0.05, 0) is 36.8 Å². The summed E-state index contributed by atoms with van der Waals surface area (Å²) in [5, 5.41) is 18.5. The van der Waals surface area contributed by atoms with Crippen LogP contribution in [0.2, 0.25) is 0 Å². The third-order valence-electron chi connectivity index (χ3n) is 3.26. The number of hydrogen-bond donors (Lipinski definition) is 2. The van der Waals surface area contributed by atoms with Gasteiger partial charge in [-0.3, -0.25) is 4.99 Å². The van der Waals surface area contributed by atoms with Gasteiger partial charge in [0, 0.05) is 12.8 Å². The lowest BCUT2D eigenvalue weighted by Crippen LogP contribution is -2.06. The molecule has 1 atom stereocenters. The van der Waals surface area contributed by atoms with Gasteiger partial charge in [-0.1, -0.05) is 32.4 Å². The fourth-order valence-corrected chi connectivity index (χ4v) is 2.20. The number of carbonyl (C=O) groups is 1. The molecule has 2 N–H and O–H groups in total. The van der Waals surface area contributed by atoms with Crippen LogP contribution in [0.1, 0.15) is 48.2 Å². The van der Waals surface area contributed by atoms with Crippen LogP contribution in [-0.2, 0) is 6.42 Å². The summed E-state index contributed by atoms with van der Waals surface area (Å²) >= 11 is 0. The van der Waals surface area contributed by atoms with Crippen LogP contribution >= 0.6 is 0 Å². The SMILES string of the molecule is CCCC(C)C=Nc1c(C)ccc(CCO)c1C(=O)O. The predicted molar refractivity (Wildman–Crippen MR) is 81.2 cm³/mol. The lowest BCUT2D eigenvalue weighted by molar-refractivity contribution is 0.0696. The number of aliphatic imine (C=N–C) groups is 1. The molecule has 0 aromatic heterocycles. The van der Waals surface area contributed by atoms with E-state index >= 15 is 0 Å². The lowest BCUT2D eigenvalue weighted by Gasteiger charge is -2.11. The van der Waals surface area contributed by atoms with E-state index in [4.69, 9.17) is 5.11 Å². The molecule has 1 rings (SSSR count). The van der Waals surface area contributed by atoms with Crippen LogP contribution in [0.25, 0.3) is 0 Å². The van der Waals surface area contributed by atoms with Crippen LogP contribution < -0.4 is 0 Å². The van der Waals surface area contributed by atoms with Crippen molar-refractivity contribution in [3.05, 3.63) is 28.8 Å². The number of aromatic carboxylic acids is 1. The summed E-state index contributed by atoms with van der Waals surface area (Å²) in [6.07, 6.45) is 4.25. The first-order valence-electron chi connectivity index (χ1n) is 7.02. The van der Waals surface area contributed by atoms with Crippen molar-refractivity contribution in [3.63, 3.8) is 0 Å². The number of nitrogens with zero attached hydrogens (tertiary/aromatic N) is 1. The largest absolute Gasteiger partial charge is 0.478 e. The Balaban J connectivity index is 3.22. The van der Waals surface area contributed by atoms with Crippen molar-refractivity contribution in [2.45, 2.75) is 40.0 Å². The zero-order valence-electron chi connectivity index (χ0n) is 12.4. The minimum atomic E-state index is -0.993. The quantitative estimate of drug-likeness (QED) is 0.751. The highest BCUT2D eigenvalue weighted by molar-refractivity contribution is 5.96. The van der Waals surface area contributed by atoms with Crippen molar-refractivity contribution < 1.29 is 15.0 Å². The third-order valence-corrected chi connectivity index (χ3v) is 3.26. The van der Waals surface area contributed by atoms with E-state index < -0.39 is 5.97 Å². The van der Waals surface area contributed by atoms with Crippen molar-refractivity contribution in [2.75, 3.05) is 6.61 Å². The molecule has 1 unspecified atom stereocenters. The molecular formula is C16H23NO3. The van der Waals surface area contributed by atoms with Crippen molar-refractivity contribution in [1.82, 2.24) is 0 Å². The first-order valence-corrected chi connectivity index (χ1v) is 7.02. The van der Waals surface area contributed by atoms with Gasteiger partial charge in [-0.2, -0.15) is 0 Å². The Bertz CT molecular complexity index is 495. The lowest BCUT2D eigenvalue weighted by atomic mass is 9.99. The van der Waals surface area contributed by atoms with Gasteiger partial charge in [0.15, 0.2) is 0 Å². The summed E-state index contributed by atoms with van der Waals surface area (Å²) in [5.41, 5.74) is 2.18. The van der Waals surface area contributed by atoms with Crippen molar-refractivity contribution >= 4 is 17.9 Å². The number of carboxylic acids is 1. The van der Waals surface area contributed by atoms with Crippen LogP contribution in [-0.4, -0.2) is 29.0 Å². The molecule has 0 spiro atoms. The fourth-order valence-electron chi connectivity index (χ4n) is 2.20. The van der Waals surface area contributed by atoms with E-state index in [1.165, 1.54) is 0 Å². The Morgan fingerprint density at radius 1 is 1.45 bits per heavy atom. The maximum Gasteiger partial charge on any atom is 0.338 e. The molecule has 0 saturated carbocycles. The summed E-state index contributed by atoms with van der Waals surface area (Å²) in [5.74, 6) is -0.671. The van der Waals surface area contributed by atoms with Crippen molar-refractivity contribution in [2.24, 2.45) is 10.9 Å². The van der Waals surface area contributed by atoms with Gasteiger partial charge in [-0.25, -0.2) is 4.79 Å². The molecule has 0 fully saturated rings. The second kappa shape index (κ2) is 7.80. The highest BCUT2D eigenvalue weighted by Crippen LogP contribution is 2.28. The molecule has 0 aliphatic rings. The van der Waals surface area contributed by atoms with Gasteiger partial charge >= 0.3 is 5.97 Å². The molecule has 1 aromatic carbocycles. The topological polar surface area (TPSA) is 69.9 Å². The predicted octanol–water partition coefficient (Wildman–Crippen LogP) is 3.37. The van der Waals surface area contributed by atoms with Gasteiger partial charge in [0.05, 0.1) is 11.3 Å². The van der Waals surface area contributed by atoms with Gasteiger partial charge in [-0.15, -0.1) is 0 Å². The second-order valence-electron chi connectivity index (χ2n) is 5.09. The van der Waals surface area contributed by atoms with E-state index in [1.807, 2.05) is 19.2 Å². The number of benzene rings is 1. The molecular weight excluding hydrogens is 254 g/mol. The molecule has 1 aromatic rings. The molecule has 4 nitrogen and oxygen atoms in total.